The monoisotopic (exact) mass is 255 g/mol. The summed E-state index contributed by atoms with van der Waals surface area (Å²) in [6.07, 6.45) is 6.63. The first-order valence-corrected chi connectivity index (χ1v) is 6.85. The van der Waals surface area contributed by atoms with Crippen LogP contribution in [-0.2, 0) is 6.42 Å². The molecule has 19 heavy (non-hydrogen) atoms. The van der Waals surface area contributed by atoms with Gasteiger partial charge in [0.2, 0.25) is 0 Å². The maximum Gasteiger partial charge on any atom is 0.0771 e. The van der Waals surface area contributed by atoms with E-state index in [1.54, 1.807) is 0 Å². The van der Waals surface area contributed by atoms with Crippen molar-refractivity contribution in [1.29, 1.82) is 0 Å². The highest BCUT2D eigenvalue weighted by Gasteiger charge is 2.19. The number of nitrogens with one attached hydrogen (secondary N) is 1. The second-order valence-electron chi connectivity index (χ2n) is 4.62. The summed E-state index contributed by atoms with van der Waals surface area (Å²) >= 11 is 0. The van der Waals surface area contributed by atoms with Gasteiger partial charge in [0.25, 0.3) is 0 Å². The third-order valence-electron chi connectivity index (χ3n) is 3.38. The van der Waals surface area contributed by atoms with Crippen molar-refractivity contribution in [1.82, 2.24) is 15.3 Å². The van der Waals surface area contributed by atoms with Crippen LogP contribution in [0, 0.1) is 6.92 Å². The van der Waals surface area contributed by atoms with Crippen LogP contribution in [0.2, 0.25) is 0 Å². The van der Waals surface area contributed by atoms with Crippen LogP contribution in [-0.4, -0.2) is 16.5 Å². The molecule has 0 bridgehead atoms. The molecule has 0 aliphatic rings. The second kappa shape index (κ2) is 6.43. The topological polar surface area (TPSA) is 37.8 Å². The molecule has 2 heterocycles. The van der Waals surface area contributed by atoms with Crippen LogP contribution in [0.4, 0.5) is 0 Å². The van der Waals surface area contributed by atoms with Crippen molar-refractivity contribution in [3.8, 4) is 0 Å². The van der Waals surface area contributed by atoms with Crippen molar-refractivity contribution in [2.45, 2.75) is 33.2 Å². The summed E-state index contributed by atoms with van der Waals surface area (Å²) in [7, 11) is 0. The Balaban J connectivity index is 2.49. The molecule has 2 aromatic rings. The Bertz CT molecular complexity index is 537. The Morgan fingerprint density at radius 3 is 2.74 bits per heavy atom. The van der Waals surface area contributed by atoms with Crippen molar-refractivity contribution in [2.24, 2.45) is 0 Å². The first kappa shape index (κ1) is 13.7. The number of hydrogen-bond donors (Lipinski definition) is 1. The van der Waals surface area contributed by atoms with E-state index in [-0.39, 0.29) is 6.04 Å². The van der Waals surface area contributed by atoms with Crippen LogP contribution in [0.25, 0.3) is 0 Å². The van der Waals surface area contributed by atoms with Crippen LogP contribution in [0.15, 0.2) is 36.8 Å². The first-order chi connectivity index (χ1) is 9.27. The van der Waals surface area contributed by atoms with Crippen LogP contribution in [0.1, 0.15) is 42.3 Å². The number of pyridine rings is 2. The van der Waals surface area contributed by atoms with Gasteiger partial charge < -0.3 is 5.32 Å². The molecule has 0 amide bonds. The quantitative estimate of drug-likeness (QED) is 0.892. The predicted molar refractivity (Wildman–Crippen MR) is 78.1 cm³/mol. The van der Waals surface area contributed by atoms with Gasteiger partial charge in [-0.15, -0.1) is 0 Å². The van der Waals surface area contributed by atoms with Crippen molar-refractivity contribution < 1.29 is 0 Å². The van der Waals surface area contributed by atoms with Gasteiger partial charge in [-0.05, 0) is 48.7 Å². The van der Waals surface area contributed by atoms with E-state index >= 15 is 0 Å². The SMILES string of the molecule is CCNC(c1cnccc1C)c1ncccc1CC. The van der Waals surface area contributed by atoms with Crippen LogP contribution in [0.3, 0.4) is 0 Å². The van der Waals surface area contributed by atoms with Gasteiger partial charge in [-0.1, -0.05) is 19.9 Å². The first-order valence-electron chi connectivity index (χ1n) is 6.85. The van der Waals surface area contributed by atoms with Crippen molar-refractivity contribution in [3.05, 3.63) is 59.2 Å². The molecule has 0 fully saturated rings. The minimum absolute atomic E-state index is 0.120. The van der Waals surface area contributed by atoms with Crippen molar-refractivity contribution in [3.63, 3.8) is 0 Å². The minimum atomic E-state index is 0.120. The second-order valence-corrected chi connectivity index (χ2v) is 4.62. The zero-order valence-electron chi connectivity index (χ0n) is 11.9. The molecule has 0 saturated carbocycles. The molecular weight excluding hydrogens is 234 g/mol. The van der Waals surface area contributed by atoms with Gasteiger partial charge in [0.1, 0.15) is 0 Å². The van der Waals surface area contributed by atoms with Crippen LogP contribution in [0.5, 0.6) is 0 Å². The Morgan fingerprint density at radius 2 is 2.05 bits per heavy atom. The standard InChI is InChI=1S/C16H21N3/c1-4-13-7-6-9-19-15(13)16(18-5-2)14-11-17-10-8-12(14)3/h6-11,16,18H,4-5H2,1-3H3. The lowest BCUT2D eigenvalue weighted by Crippen LogP contribution is -2.25. The molecule has 1 unspecified atom stereocenters. The largest absolute Gasteiger partial charge is 0.305 e. The lowest BCUT2D eigenvalue weighted by Gasteiger charge is -2.21. The van der Waals surface area contributed by atoms with Gasteiger partial charge >= 0.3 is 0 Å². The smallest absolute Gasteiger partial charge is 0.0771 e. The Hall–Kier alpha value is -1.74. The maximum absolute atomic E-state index is 4.60. The van der Waals surface area contributed by atoms with Crippen molar-refractivity contribution in [2.75, 3.05) is 6.54 Å². The number of nitrogens with zero attached hydrogens (tertiary/aromatic N) is 2. The van der Waals surface area contributed by atoms with E-state index in [1.165, 1.54) is 16.7 Å². The van der Waals surface area contributed by atoms with Gasteiger partial charge in [0, 0.05) is 18.6 Å². The number of rotatable bonds is 5. The average Bonchev–Trinajstić information content (AvgIpc) is 2.46. The summed E-state index contributed by atoms with van der Waals surface area (Å²) < 4.78 is 0. The molecular formula is C16H21N3. The lowest BCUT2D eigenvalue weighted by atomic mass is 9.96. The molecule has 100 valence electrons. The molecule has 3 nitrogen and oxygen atoms in total. The van der Waals surface area contributed by atoms with E-state index < -0.39 is 0 Å². The summed E-state index contributed by atoms with van der Waals surface area (Å²) in [6, 6.07) is 6.32. The lowest BCUT2D eigenvalue weighted by molar-refractivity contribution is 0.605. The highest BCUT2D eigenvalue weighted by atomic mass is 14.9. The van der Waals surface area contributed by atoms with E-state index in [2.05, 4.69) is 42.1 Å². The molecule has 0 aliphatic heterocycles. The fraction of sp³-hybridized carbons (Fsp3) is 0.375. The van der Waals surface area contributed by atoms with Gasteiger partial charge in [0.15, 0.2) is 0 Å². The molecule has 0 saturated heterocycles. The molecule has 0 radical (unpaired) electrons. The van der Waals surface area contributed by atoms with Gasteiger partial charge in [0.05, 0.1) is 11.7 Å². The van der Waals surface area contributed by atoms with Gasteiger partial charge in [-0.3, -0.25) is 9.97 Å². The highest BCUT2D eigenvalue weighted by molar-refractivity contribution is 5.35. The fourth-order valence-electron chi connectivity index (χ4n) is 2.35. The summed E-state index contributed by atoms with van der Waals surface area (Å²) in [5, 5.41) is 3.53. The predicted octanol–water partition coefficient (Wildman–Crippen LogP) is 3.05. The third-order valence-corrected chi connectivity index (χ3v) is 3.38. The molecule has 2 aromatic heterocycles. The number of aromatic nitrogens is 2. The van der Waals surface area contributed by atoms with Crippen LogP contribution >= 0.6 is 0 Å². The zero-order valence-corrected chi connectivity index (χ0v) is 11.9. The van der Waals surface area contributed by atoms with Crippen LogP contribution < -0.4 is 5.32 Å². The van der Waals surface area contributed by atoms with E-state index in [1.807, 2.05) is 30.7 Å². The summed E-state index contributed by atoms with van der Waals surface area (Å²) in [5.74, 6) is 0. The third kappa shape index (κ3) is 2.99. The van der Waals surface area contributed by atoms with Gasteiger partial charge in [-0.2, -0.15) is 0 Å². The molecule has 0 spiro atoms. The number of hydrogen-bond acceptors (Lipinski definition) is 3. The summed E-state index contributed by atoms with van der Waals surface area (Å²) in [6.45, 7) is 7.31. The Labute approximate surface area is 115 Å². The van der Waals surface area contributed by atoms with E-state index in [0.29, 0.717) is 0 Å². The van der Waals surface area contributed by atoms with E-state index in [0.717, 1.165) is 18.7 Å². The van der Waals surface area contributed by atoms with Gasteiger partial charge in [-0.25, -0.2) is 0 Å². The zero-order chi connectivity index (χ0) is 13.7. The molecule has 0 aromatic carbocycles. The van der Waals surface area contributed by atoms with E-state index in [9.17, 15) is 0 Å². The normalized spacial score (nSPS) is 12.4. The Kier molecular flexibility index (Phi) is 4.63. The molecule has 1 atom stereocenters. The Morgan fingerprint density at radius 1 is 1.21 bits per heavy atom. The maximum atomic E-state index is 4.60. The molecule has 2 rings (SSSR count). The summed E-state index contributed by atoms with van der Waals surface area (Å²) in [5.41, 5.74) is 4.85. The molecule has 1 N–H and O–H groups in total. The minimum Gasteiger partial charge on any atom is -0.305 e. The number of aryl methyl sites for hydroxylation is 2. The average molecular weight is 255 g/mol. The molecule has 3 heteroatoms. The molecule has 0 aliphatic carbocycles. The fourth-order valence-corrected chi connectivity index (χ4v) is 2.35. The van der Waals surface area contributed by atoms with Crippen molar-refractivity contribution >= 4 is 0 Å². The highest BCUT2D eigenvalue weighted by Crippen LogP contribution is 2.25. The summed E-state index contributed by atoms with van der Waals surface area (Å²) in [4.78, 5) is 8.86. The van der Waals surface area contributed by atoms with E-state index in [4.69, 9.17) is 0 Å².